The number of methoxy groups -OCH3 is 2. The Morgan fingerprint density at radius 2 is 1.77 bits per heavy atom. The van der Waals surface area contributed by atoms with Crippen molar-refractivity contribution in [3.63, 3.8) is 0 Å². The van der Waals surface area contributed by atoms with E-state index in [1.54, 1.807) is 24.3 Å². The first-order chi connectivity index (χ1) is 10.5. The molecule has 7 heteroatoms. The SMILES string of the molecule is COC(=O)C1(C(=O)OC)CC1/C=C/c1ccc([N+](=O)[O-])cc1. The van der Waals surface area contributed by atoms with Gasteiger partial charge in [0.05, 0.1) is 19.1 Å². The van der Waals surface area contributed by atoms with Crippen molar-refractivity contribution in [3.8, 4) is 0 Å². The Balaban J connectivity index is 2.12. The Kier molecular flexibility index (Phi) is 4.25. The van der Waals surface area contributed by atoms with Crippen LogP contribution >= 0.6 is 0 Å². The summed E-state index contributed by atoms with van der Waals surface area (Å²) in [6.07, 6.45) is 3.76. The molecule has 7 nitrogen and oxygen atoms in total. The van der Waals surface area contributed by atoms with Gasteiger partial charge in [-0.2, -0.15) is 0 Å². The van der Waals surface area contributed by atoms with Crippen LogP contribution in [0.5, 0.6) is 0 Å². The molecule has 1 aliphatic rings. The van der Waals surface area contributed by atoms with Gasteiger partial charge in [0.15, 0.2) is 5.41 Å². The molecule has 2 rings (SSSR count). The minimum Gasteiger partial charge on any atom is -0.468 e. The lowest BCUT2D eigenvalue weighted by Gasteiger charge is -2.10. The number of carbonyl (C=O) groups excluding carboxylic acids is 2. The Morgan fingerprint density at radius 1 is 1.23 bits per heavy atom. The molecular formula is C15H15NO6. The van der Waals surface area contributed by atoms with Crippen molar-refractivity contribution in [1.82, 2.24) is 0 Å². The van der Waals surface area contributed by atoms with Crippen molar-refractivity contribution in [1.29, 1.82) is 0 Å². The van der Waals surface area contributed by atoms with E-state index in [2.05, 4.69) is 9.47 Å². The molecule has 1 aliphatic carbocycles. The second-order valence-corrected chi connectivity index (χ2v) is 4.97. The van der Waals surface area contributed by atoms with Crippen molar-refractivity contribution in [3.05, 3.63) is 46.0 Å². The lowest BCUT2D eigenvalue weighted by molar-refractivity contribution is -0.384. The highest BCUT2D eigenvalue weighted by Crippen LogP contribution is 2.55. The number of esters is 2. The fraction of sp³-hybridized carbons (Fsp3) is 0.333. The first-order valence-corrected chi connectivity index (χ1v) is 6.55. The molecule has 0 aliphatic heterocycles. The summed E-state index contributed by atoms with van der Waals surface area (Å²) in [7, 11) is 2.45. The van der Waals surface area contributed by atoms with Crippen LogP contribution in [0.15, 0.2) is 30.3 Å². The van der Waals surface area contributed by atoms with Crippen molar-refractivity contribution in [2.45, 2.75) is 6.42 Å². The van der Waals surface area contributed by atoms with Crippen LogP contribution < -0.4 is 0 Å². The summed E-state index contributed by atoms with van der Waals surface area (Å²) in [4.78, 5) is 33.7. The molecule has 1 unspecified atom stereocenters. The van der Waals surface area contributed by atoms with E-state index in [9.17, 15) is 19.7 Å². The molecule has 0 heterocycles. The number of nitro benzene ring substituents is 1. The van der Waals surface area contributed by atoms with Gasteiger partial charge in [0, 0.05) is 18.1 Å². The molecule has 0 bridgehead atoms. The monoisotopic (exact) mass is 305 g/mol. The summed E-state index contributed by atoms with van der Waals surface area (Å²) in [5.41, 5.74) is -0.524. The van der Waals surface area contributed by atoms with Gasteiger partial charge in [0.2, 0.25) is 0 Å². The normalized spacial score (nSPS) is 18.7. The van der Waals surface area contributed by atoms with E-state index < -0.39 is 22.3 Å². The largest absolute Gasteiger partial charge is 0.468 e. The number of carbonyl (C=O) groups is 2. The number of non-ortho nitro benzene ring substituents is 1. The zero-order valence-corrected chi connectivity index (χ0v) is 12.1. The number of allylic oxidation sites excluding steroid dienone is 1. The quantitative estimate of drug-likeness (QED) is 0.357. The molecule has 0 radical (unpaired) electrons. The fourth-order valence-corrected chi connectivity index (χ4v) is 2.37. The second-order valence-electron chi connectivity index (χ2n) is 4.97. The zero-order chi connectivity index (χ0) is 16.3. The summed E-state index contributed by atoms with van der Waals surface area (Å²) in [6.45, 7) is 0. The topological polar surface area (TPSA) is 95.7 Å². The average Bonchev–Trinajstić information content (AvgIpc) is 3.27. The van der Waals surface area contributed by atoms with Crippen molar-refractivity contribution in [2.24, 2.45) is 11.3 Å². The third kappa shape index (κ3) is 2.69. The molecule has 1 aromatic rings. The highest BCUT2D eigenvalue weighted by atomic mass is 16.6. The number of benzene rings is 1. The van der Waals surface area contributed by atoms with E-state index in [4.69, 9.17) is 0 Å². The number of hydrogen-bond acceptors (Lipinski definition) is 6. The van der Waals surface area contributed by atoms with Crippen LogP contribution in [0.1, 0.15) is 12.0 Å². The highest BCUT2D eigenvalue weighted by Gasteiger charge is 2.66. The van der Waals surface area contributed by atoms with E-state index in [-0.39, 0.29) is 11.6 Å². The van der Waals surface area contributed by atoms with Gasteiger partial charge in [-0.3, -0.25) is 19.7 Å². The van der Waals surface area contributed by atoms with Gasteiger partial charge in [0.1, 0.15) is 0 Å². The predicted octanol–water partition coefficient (Wildman–Crippen LogP) is 1.96. The van der Waals surface area contributed by atoms with Gasteiger partial charge in [-0.1, -0.05) is 12.2 Å². The first kappa shape index (κ1) is 15.7. The molecule has 1 saturated carbocycles. The number of nitrogens with zero attached hydrogens (tertiary/aromatic N) is 1. The molecular weight excluding hydrogens is 290 g/mol. The van der Waals surface area contributed by atoms with E-state index in [1.807, 2.05) is 0 Å². The van der Waals surface area contributed by atoms with E-state index in [1.165, 1.54) is 26.4 Å². The molecule has 116 valence electrons. The summed E-state index contributed by atoms with van der Waals surface area (Å²) in [6, 6.07) is 5.96. The Bertz CT molecular complexity index is 618. The Labute approximate surface area is 126 Å². The van der Waals surface area contributed by atoms with Crippen molar-refractivity contribution >= 4 is 23.7 Å². The van der Waals surface area contributed by atoms with Crippen LogP contribution in [-0.2, 0) is 19.1 Å². The second kappa shape index (κ2) is 5.97. The maximum Gasteiger partial charge on any atom is 0.323 e. The minimum absolute atomic E-state index is 0.00189. The number of ether oxygens (including phenoxy) is 2. The molecule has 0 spiro atoms. The molecule has 1 atom stereocenters. The first-order valence-electron chi connectivity index (χ1n) is 6.55. The average molecular weight is 305 g/mol. The number of nitro groups is 1. The summed E-state index contributed by atoms with van der Waals surface area (Å²) < 4.78 is 9.35. The molecule has 0 saturated heterocycles. The highest BCUT2D eigenvalue weighted by molar-refractivity contribution is 6.04. The lowest BCUT2D eigenvalue weighted by Crippen LogP contribution is -2.30. The van der Waals surface area contributed by atoms with Gasteiger partial charge < -0.3 is 9.47 Å². The minimum atomic E-state index is -1.26. The molecule has 22 heavy (non-hydrogen) atoms. The molecule has 0 amide bonds. The van der Waals surface area contributed by atoms with Crippen molar-refractivity contribution in [2.75, 3.05) is 14.2 Å². The van der Waals surface area contributed by atoms with Crippen LogP contribution in [0.3, 0.4) is 0 Å². The summed E-state index contributed by atoms with van der Waals surface area (Å²) in [5, 5.41) is 10.6. The summed E-state index contributed by atoms with van der Waals surface area (Å²) in [5.74, 6) is -1.53. The van der Waals surface area contributed by atoms with Crippen molar-refractivity contribution < 1.29 is 24.0 Å². The van der Waals surface area contributed by atoms with Gasteiger partial charge >= 0.3 is 11.9 Å². The number of rotatable bonds is 5. The fourth-order valence-electron chi connectivity index (χ4n) is 2.37. The third-order valence-corrected chi connectivity index (χ3v) is 3.74. The molecule has 0 N–H and O–H groups in total. The molecule has 1 aromatic carbocycles. The van der Waals surface area contributed by atoms with Crippen LogP contribution in [0.25, 0.3) is 6.08 Å². The van der Waals surface area contributed by atoms with Gasteiger partial charge in [-0.15, -0.1) is 0 Å². The Morgan fingerprint density at radius 3 is 2.23 bits per heavy atom. The third-order valence-electron chi connectivity index (χ3n) is 3.74. The van der Waals surface area contributed by atoms with Crippen LogP contribution in [0.4, 0.5) is 5.69 Å². The zero-order valence-electron chi connectivity index (χ0n) is 12.1. The van der Waals surface area contributed by atoms with E-state index in [0.717, 1.165) is 5.56 Å². The van der Waals surface area contributed by atoms with E-state index >= 15 is 0 Å². The lowest BCUT2D eigenvalue weighted by atomic mass is 10.0. The van der Waals surface area contributed by atoms with Gasteiger partial charge in [-0.25, -0.2) is 0 Å². The molecule has 1 fully saturated rings. The Hall–Kier alpha value is -2.70. The smallest absolute Gasteiger partial charge is 0.323 e. The van der Waals surface area contributed by atoms with Gasteiger partial charge in [0.25, 0.3) is 5.69 Å². The standard InChI is InChI=1S/C15H15NO6/c1-21-13(17)15(14(18)22-2)9-11(15)6-3-10-4-7-12(8-5-10)16(19)20/h3-8,11H,9H2,1-2H3/b6-3+. The summed E-state index contributed by atoms with van der Waals surface area (Å²) >= 11 is 0. The number of hydrogen-bond donors (Lipinski definition) is 0. The van der Waals surface area contributed by atoms with Gasteiger partial charge in [-0.05, 0) is 24.1 Å². The van der Waals surface area contributed by atoms with Crippen LogP contribution in [-0.4, -0.2) is 31.1 Å². The predicted molar refractivity (Wildman–Crippen MR) is 76.7 cm³/mol. The van der Waals surface area contributed by atoms with Crippen LogP contribution in [0.2, 0.25) is 0 Å². The maximum atomic E-state index is 11.8. The molecule has 0 aromatic heterocycles. The van der Waals surface area contributed by atoms with Crippen LogP contribution in [0, 0.1) is 21.4 Å². The maximum absolute atomic E-state index is 11.8. The van der Waals surface area contributed by atoms with E-state index in [0.29, 0.717) is 6.42 Å².